The van der Waals surface area contributed by atoms with Crippen LogP contribution in [0.2, 0.25) is 0 Å². The number of ether oxygens (including phenoxy) is 1. The predicted octanol–water partition coefficient (Wildman–Crippen LogP) is -0.569. The Hall–Kier alpha value is -2.28. The molecule has 1 aliphatic heterocycles. The smallest absolute Gasteiger partial charge is 0.275 e. The summed E-state index contributed by atoms with van der Waals surface area (Å²) in [7, 11) is 1.67. The second kappa shape index (κ2) is 10.0. The number of hydrogen-bond acceptors (Lipinski definition) is 4. The molecule has 1 heterocycles. The molecule has 3 N–H and O–H groups in total. The summed E-state index contributed by atoms with van der Waals surface area (Å²) in [6, 6.07) is 7.55. The van der Waals surface area contributed by atoms with Crippen molar-refractivity contribution in [2.24, 2.45) is 0 Å². The van der Waals surface area contributed by atoms with Crippen molar-refractivity contribution in [1.82, 2.24) is 10.6 Å². The molecule has 1 saturated heterocycles. The van der Waals surface area contributed by atoms with Gasteiger partial charge in [0.1, 0.15) is 11.8 Å². The maximum Gasteiger partial charge on any atom is 0.275 e. The highest BCUT2D eigenvalue weighted by molar-refractivity contribution is 5.87. The second-order valence-corrected chi connectivity index (χ2v) is 6.70. The number of anilines is 1. The van der Waals surface area contributed by atoms with Crippen LogP contribution in [0.15, 0.2) is 24.3 Å². The van der Waals surface area contributed by atoms with Crippen molar-refractivity contribution in [1.29, 1.82) is 0 Å². The summed E-state index contributed by atoms with van der Waals surface area (Å²) in [6.45, 7) is 8.32. The summed E-state index contributed by atoms with van der Waals surface area (Å²) in [5.74, 6) is 0.652. The van der Waals surface area contributed by atoms with Crippen LogP contribution >= 0.6 is 0 Å². The number of nitrogens with zero attached hydrogens (tertiary/aromatic N) is 1. The van der Waals surface area contributed by atoms with Crippen LogP contribution in [-0.4, -0.2) is 64.2 Å². The van der Waals surface area contributed by atoms with Crippen molar-refractivity contribution in [2.75, 3.05) is 51.3 Å². The minimum absolute atomic E-state index is 0.0750. The first-order chi connectivity index (χ1) is 12.5. The van der Waals surface area contributed by atoms with Crippen molar-refractivity contribution < 1.29 is 19.2 Å². The second-order valence-electron chi connectivity index (χ2n) is 6.70. The summed E-state index contributed by atoms with van der Waals surface area (Å²) in [4.78, 5) is 27.6. The van der Waals surface area contributed by atoms with Gasteiger partial charge >= 0.3 is 0 Å². The van der Waals surface area contributed by atoms with Crippen LogP contribution < -0.4 is 25.2 Å². The molecule has 0 spiro atoms. The molecule has 1 aromatic carbocycles. The molecular weight excluding hydrogens is 332 g/mol. The van der Waals surface area contributed by atoms with Crippen molar-refractivity contribution in [2.45, 2.75) is 26.3 Å². The number of amides is 2. The van der Waals surface area contributed by atoms with E-state index in [1.807, 2.05) is 25.1 Å². The fourth-order valence-corrected chi connectivity index (χ4v) is 3.05. The Morgan fingerprint density at radius 2 is 2.04 bits per heavy atom. The molecule has 2 amide bonds. The fraction of sp³-hybridized carbons (Fsp3) is 0.579. The molecule has 0 aliphatic carbocycles. The molecule has 1 aliphatic rings. The van der Waals surface area contributed by atoms with Crippen LogP contribution in [0, 0.1) is 0 Å². The molecule has 0 radical (unpaired) electrons. The zero-order valence-electron chi connectivity index (χ0n) is 16.0. The number of hydrogen-bond donors (Lipinski definition) is 3. The first-order valence-corrected chi connectivity index (χ1v) is 9.33. The summed E-state index contributed by atoms with van der Waals surface area (Å²) in [6.07, 6.45) is 0.883. The van der Waals surface area contributed by atoms with Crippen LogP contribution in [0.4, 0.5) is 5.69 Å². The monoisotopic (exact) mass is 363 g/mol. The number of rotatable bonds is 8. The van der Waals surface area contributed by atoms with E-state index in [9.17, 15) is 9.59 Å². The van der Waals surface area contributed by atoms with Gasteiger partial charge in [0, 0.05) is 18.3 Å². The highest BCUT2D eigenvalue weighted by Gasteiger charge is 2.24. The van der Waals surface area contributed by atoms with Crippen molar-refractivity contribution >= 4 is 17.5 Å². The molecule has 144 valence electrons. The molecule has 0 bridgehead atoms. The zero-order chi connectivity index (χ0) is 18.9. The van der Waals surface area contributed by atoms with E-state index < -0.39 is 6.04 Å². The van der Waals surface area contributed by atoms with E-state index in [0.29, 0.717) is 13.1 Å². The number of quaternary nitrogens is 1. The van der Waals surface area contributed by atoms with E-state index >= 15 is 0 Å². The van der Waals surface area contributed by atoms with Gasteiger partial charge in [0.2, 0.25) is 5.91 Å². The molecule has 7 heteroatoms. The van der Waals surface area contributed by atoms with E-state index in [-0.39, 0.29) is 11.8 Å². The van der Waals surface area contributed by atoms with Gasteiger partial charge in [-0.3, -0.25) is 9.59 Å². The lowest BCUT2D eigenvalue weighted by Gasteiger charge is -2.33. The average molecular weight is 363 g/mol. The molecule has 0 saturated carbocycles. The standard InChI is InChI=1S/C19H30N4O3/c1-4-8-20-19(25)15(2)21-18(24)14-22-9-11-23(12-10-22)16-6-5-7-17(13-16)26-3/h5-7,13,15H,4,8-12,14H2,1-3H3,(H,20,25)(H,21,24)/p+1/t15-/m1/s1. The zero-order valence-corrected chi connectivity index (χ0v) is 16.0. The normalized spacial score (nSPS) is 16.0. The highest BCUT2D eigenvalue weighted by Crippen LogP contribution is 2.20. The third kappa shape index (κ3) is 5.91. The van der Waals surface area contributed by atoms with E-state index in [1.54, 1.807) is 14.0 Å². The van der Waals surface area contributed by atoms with Gasteiger partial charge in [-0.25, -0.2) is 0 Å². The predicted molar refractivity (Wildman–Crippen MR) is 102 cm³/mol. The number of piperazine rings is 1. The minimum Gasteiger partial charge on any atom is -0.497 e. The van der Waals surface area contributed by atoms with E-state index in [2.05, 4.69) is 21.6 Å². The Bertz CT molecular complexity index is 600. The van der Waals surface area contributed by atoms with Crippen molar-refractivity contribution in [3.63, 3.8) is 0 Å². The van der Waals surface area contributed by atoms with Gasteiger partial charge in [-0.1, -0.05) is 13.0 Å². The number of methoxy groups -OCH3 is 1. The summed E-state index contributed by atoms with van der Waals surface area (Å²) in [5, 5.41) is 5.59. The van der Waals surface area contributed by atoms with Gasteiger partial charge in [0.15, 0.2) is 6.54 Å². The first kappa shape index (κ1) is 20.0. The number of nitrogens with one attached hydrogen (secondary N) is 3. The third-order valence-corrected chi connectivity index (χ3v) is 4.62. The van der Waals surface area contributed by atoms with Crippen LogP contribution in [0.1, 0.15) is 20.3 Å². The van der Waals surface area contributed by atoms with Crippen molar-refractivity contribution in [3.8, 4) is 5.75 Å². The maximum atomic E-state index is 12.2. The average Bonchev–Trinajstić information content (AvgIpc) is 2.66. The molecule has 1 aromatic rings. The van der Waals surface area contributed by atoms with Gasteiger partial charge in [0.05, 0.1) is 33.3 Å². The van der Waals surface area contributed by atoms with Gasteiger partial charge in [-0.05, 0) is 25.5 Å². The lowest BCUT2D eigenvalue weighted by molar-refractivity contribution is -0.892. The first-order valence-electron chi connectivity index (χ1n) is 9.33. The van der Waals surface area contributed by atoms with Crippen LogP contribution in [0.25, 0.3) is 0 Å². The number of carbonyl (C=O) groups is 2. The topological polar surface area (TPSA) is 75.1 Å². The van der Waals surface area contributed by atoms with Crippen molar-refractivity contribution in [3.05, 3.63) is 24.3 Å². The van der Waals surface area contributed by atoms with Crippen LogP contribution in [0.3, 0.4) is 0 Å². The van der Waals surface area contributed by atoms with Gasteiger partial charge in [-0.2, -0.15) is 0 Å². The van der Waals surface area contributed by atoms with Gasteiger partial charge < -0.3 is 25.2 Å². The minimum atomic E-state index is -0.494. The van der Waals surface area contributed by atoms with Crippen LogP contribution in [0.5, 0.6) is 5.75 Å². The quantitative estimate of drug-likeness (QED) is 0.578. The molecule has 2 rings (SSSR count). The molecule has 7 nitrogen and oxygen atoms in total. The summed E-state index contributed by atoms with van der Waals surface area (Å²) in [5.41, 5.74) is 1.15. The summed E-state index contributed by atoms with van der Waals surface area (Å²) >= 11 is 0. The molecule has 26 heavy (non-hydrogen) atoms. The number of benzene rings is 1. The fourth-order valence-electron chi connectivity index (χ4n) is 3.05. The van der Waals surface area contributed by atoms with Crippen LogP contribution in [-0.2, 0) is 9.59 Å². The summed E-state index contributed by atoms with van der Waals surface area (Å²) < 4.78 is 5.28. The van der Waals surface area contributed by atoms with E-state index in [0.717, 1.165) is 44.0 Å². The maximum absolute atomic E-state index is 12.2. The Balaban J connectivity index is 1.75. The third-order valence-electron chi connectivity index (χ3n) is 4.62. The Labute approximate surface area is 155 Å². The van der Waals surface area contributed by atoms with Gasteiger partial charge in [-0.15, -0.1) is 0 Å². The molecular formula is C19H31N4O3+. The lowest BCUT2D eigenvalue weighted by atomic mass is 10.2. The van der Waals surface area contributed by atoms with E-state index in [1.165, 1.54) is 4.90 Å². The molecule has 0 unspecified atom stereocenters. The SMILES string of the molecule is CCCNC(=O)[C@@H](C)NC(=O)C[NH+]1CCN(c2cccc(OC)c2)CC1. The van der Waals surface area contributed by atoms with E-state index in [4.69, 9.17) is 4.74 Å². The number of carbonyl (C=O) groups excluding carboxylic acids is 2. The Kier molecular flexibility index (Phi) is 7.72. The largest absolute Gasteiger partial charge is 0.497 e. The molecule has 1 atom stereocenters. The Morgan fingerprint density at radius 3 is 2.69 bits per heavy atom. The lowest BCUT2D eigenvalue weighted by Crippen LogP contribution is -3.16. The molecule has 0 aromatic heterocycles. The molecule has 1 fully saturated rings. The Morgan fingerprint density at radius 1 is 1.31 bits per heavy atom. The highest BCUT2D eigenvalue weighted by atomic mass is 16.5. The van der Waals surface area contributed by atoms with Gasteiger partial charge in [0.25, 0.3) is 5.91 Å².